The van der Waals surface area contributed by atoms with Crippen LogP contribution < -0.4 is 5.43 Å². The van der Waals surface area contributed by atoms with Crippen molar-refractivity contribution in [3.05, 3.63) is 40.8 Å². The first-order valence-electron chi connectivity index (χ1n) is 7.57. The summed E-state index contributed by atoms with van der Waals surface area (Å²) in [6.07, 6.45) is 3.11. The van der Waals surface area contributed by atoms with Gasteiger partial charge >= 0.3 is 5.97 Å². The highest BCUT2D eigenvalue weighted by Gasteiger charge is 2.08. The van der Waals surface area contributed by atoms with Gasteiger partial charge in [0.1, 0.15) is 5.82 Å². The van der Waals surface area contributed by atoms with Crippen molar-refractivity contribution in [1.82, 2.24) is 14.8 Å². The van der Waals surface area contributed by atoms with Crippen molar-refractivity contribution in [2.24, 2.45) is 12.1 Å². The fourth-order valence-electron chi connectivity index (χ4n) is 2.24. The maximum absolute atomic E-state index is 14.1. The molecule has 0 aliphatic rings. The largest absolute Gasteiger partial charge is 0.466 e. The fraction of sp³-hybridized carbons (Fsp3) is 0.250. The number of aromatic nitrogens is 3. The third kappa shape index (κ3) is 4.00. The van der Waals surface area contributed by atoms with E-state index in [9.17, 15) is 9.18 Å². The Balaban J connectivity index is 1.67. The molecule has 0 saturated heterocycles. The number of aryl methyl sites for hydroxylation is 1. The van der Waals surface area contributed by atoms with Crippen molar-refractivity contribution in [3.8, 4) is 0 Å². The van der Waals surface area contributed by atoms with Crippen LogP contribution in [0.2, 0.25) is 0 Å². The van der Waals surface area contributed by atoms with Crippen molar-refractivity contribution in [3.63, 3.8) is 0 Å². The summed E-state index contributed by atoms with van der Waals surface area (Å²) in [6.45, 7) is 2.09. The number of esters is 1. The quantitative estimate of drug-likeness (QED) is 0.415. The number of anilines is 1. The fourth-order valence-corrected chi connectivity index (χ4v) is 2.90. The van der Waals surface area contributed by atoms with Crippen LogP contribution in [0.4, 0.5) is 9.52 Å². The molecule has 0 saturated carbocycles. The average Bonchev–Trinajstić information content (AvgIpc) is 3.15. The van der Waals surface area contributed by atoms with Gasteiger partial charge in [0.15, 0.2) is 0 Å². The Labute approximate surface area is 147 Å². The molecule has 0 bridgehead atoms. The second-order valence-electron chi connectivity index (χ2n) is 5.20. The minimum absolute atomic E-state index is 0.113. The third-order valence-electron chi connectivity index (χ3n) is 3.41. The lowest BCUT2D eigenvalue weighted by Gasteiger charge is -2.00. The number of benzene rings is 1. The summed E-state index contributed by atoms with van der Waals surface area (Å²) in [7, 11) is 1.79. The maximum Gasteiger partial charge on any atom is 0.311 e. The van der Waals surface area contributed by atoms with Crippen LogP contribution in [0.25, 0.3) is 10.9 Å². The third-order valence-corrected chi connectivity index (χ3v) is 4.21. The SMILES string of the molecule is CCOC(=O)Cc1csc(NN=Cc2cc3c(cnn3C)cc2F)n1. The highest BCUT2D eigenvalue weighted by molar-refractivity contribution is 7.13. The van der Waals surface area contributed by atoms with E-state index in [0.717, 1.165) is 10.9 Å². The van der Waals surface area contributed by atoms with E-state index in [1.165, 1.54) is 23.6 Å². The number of carbonyl (C=O) groups is 1. The summed E-state index contributed by atoms with van der Waals surface area (Å²) in [6, 6.07) is 3.10. The Kier molecular flexibility index (Phi) is 5.03. The number of halogens is 1. The lowest BCUT2D eigenvalue weighted by Crippen LogP contribution is -2.07. The number of hydrogen-bond donors (Lipinski definition) is 1. The Morgan fingerprint density at radius 3 is 3.16 bits per heavy atom. The average molecular weight is 361 g/mol. The van der Waals surface area contributed by atoms with Gasteiger partial charge in [0, 0.05) is 23.4 Å². The number of fused-ring (bicyclic) bond motifs is 1. The van der Waals surface area contributed by atoms with Crippen LogP contribution in [-0.2, 0) is 23.0 Å². The van der Waals surface area contributed by atoms with E-state index in [1.807, 2.05) is 0 Å². The molecular weight excluding hydrogens is 345 g/mol. The molecule has 3 rings (SSSR count). The Hall–Kier alpha value is -2.81. The summed E-state index contributed by atoms with van der Waals surface area (Å²) < 4.78 is 20.6. The molecule has 2 aromatic heterocycles. The zero-order valence-corrected chi connectivity index (χ0v) is 14.5. The van der Waals surface area contributed by atoms with Gasteiger partial charge in [-0.2, -0.15) is 10.2 Å². The van der Waals surface area contributed by atoms with Crippen LogP contribution in [0.3, 0.4) is 0 Å². The summed E-state index contributed by atoms with van der Waals surface area (Å²) in [5.41, 5.74) is 4.49. The first-order chi connectivity index (χ1) is 12.1. The van der Waals surface area contributed by atoms with Gasteiger partial charge in [-0.1, -0.05) is 0 Å². The van der Waals surface area contributed by atoms with E-state index in [1.54, 1.807) is 36.3 Å². The van der Waals surface area contributed by atoms with Crippen LogP contribution in [-0.4, -0.2) is 33.6 Å². The molecule has 0 radical (unpaired) electrons. The van der Waals surface area contributed by atoms with Gasteiger partial charge in [-0.05, 0) is 19.1 Å². The van der Waals surface area contributed by atoms with Crippen molar-refractivity contribution < 1.29 is 13.9 Å². The monoisotopic (exact) mass is 361 g/mol. The summed E-state index contributed by atoms with van der Waals surface area (Å²) in [4.78, 5) is 15.6. The first-order valence-corrected chi connectivity index (χ1v) is 8.45. The molecule has 1 aromatic carbocycles. The summed E-state index contributed by atoms with van der Waals surface area (Å²) in [5, 5.41) is 11.1. The van der Waals surface area contributed by atoms with Crippen molar-refractivity contribution in [2.75, 3.05) is 12.0 Å². The number of ether oxygens (including phenoxy) is 1. The molecule has 130 valence electrons. The zero-order chi connectivity index (χ0) is 17.8. The molecule has 1 N–H and O–H groups in total. The molecule has 0 unspecified atom stereocenters. The van der Waals surface area contributed by atoms with Crippen molar-refractivity contribution >= 4 is 39.6 Å². The normalized spacial score (nSPS) is 11.3. The number of hydrazone groups is 1. The molecule has 9 heteroatoms. The maximum atomic E-state index is 14.1. The van der Waals surface area contributed by atoms with Gasteiger partial charge < -0.3 is 4.74 Å². The van der Waals surface area contributed by atoms with E-state index in [4.69, 9.17) is 4.74 Å². The van der Waals surface area contributed by atoms with Crippen molar-refractivity contribution in [1.29, 1.82) is 0 Å². The number of thiazole rings is 1. The molecule has 25 heavy (non-hydrogen) atoms. The zero-order valence-electron chi connectivity index (χ0n) is 13.7. The Morgan fingerprint density at radius 2 is 2.36 bits per heavy atom. The lowest BCUT2D eigenvalue weighted by molar-refractivity contribution is -0.142. The Morgan fingerprint density at radius 1 is 1.52 bits per heavy atom. The predicted octanol–water partition coefficient (Wildman–Crippen LogP) is 2.72. The molecule has 0 aliphatic carbocycles. The van der Waals surface area contributed by atoms with Crippen LogP contribution in [0, 0.1) is 5.82 Å². The van der Waals surface area contributed by atoms with Gasteiger partial charge in [0.2, 0.25) is 5.13 Å². The molecule has 3 aromatic rings. The lowest BCUT2D eigenvalue weighted by atomic mass is 10.1. The van der Waals surface area contributed by atoms with E-state index in [2.05, 4.69) is 20.6 Å². The summed E-state index contributed by atoms with van der Waals surface area (Å²) >= 11 is 1.30. The standard InChI is InChI=1S/C16H16FN5O2S/c1-3-24-15(23)6-12-9-25-16(20-12)21-18-7-10-5-14-11(4-13(10)17)8-19-22(14)2/h4-5,7-9H,3,6H2,1-2H3,(H,20,21). The molecule has 0 aliphatic heterocycles. The Bertz CT molecular complexity index is 934. The molecule has 7 nitrogen and oxygen atoms in total. The summed E-state index contributed by atoms with van der Waals surface area (Å²) in [5.74, 6) is -0.706. The minimum Gasteiger partial charge on any atom is -0.466 e. The highest BCUT2D eigenvalue weighted by Crippen LogP contribution is 2.18. The molecule has 0 atom stereocenters. The van der Waals surface area contributed by atoms with E-state index in [-0.39, 0.29) is 18.2 Å². The van der Waals surface area contributed by atoms with Gasteiger partial charge in [-0.25, -0.2) is 9.37 Å². The number of nitrogens with zero attached hydrogens (tertiary/aromatic N) is 4. The number of carbonyl (C=O) groups excluding carboxylic acids is 1. The number of rotatable bonds is 6. The van der Waals surface area contributed by atoms with E-state index >= 15 is 0 Å². The second-order valence-corrected chi connectivity index (χ2v) is 6.05. The van der Waals surface area contributed by atoms with Crippen LogP contribution in [0.15, 0.2) is 28.8 Å². The van der Waals surface area contributed by atoms with Gasteiger partial charge in [-0.15, -0.1) is 11.3 Å². The van der Waals surface area contributed by atoms with Crippen LogP contribution in [0.5, 0.6) is 0 Å². The van der Waals surface area contributed by atoms with Crippen molar-refractivity contribution in [2.45, 2.75) is 13.3 Å². The molecular formula is C16H16FN5O2S. The topological polar surface area (TPSA) is 81.4 Å². The number of nitrogens with one attached hydrogen (secondary N) is 1. The number of hydrogen-bond acceptors (Lipinski definition) is 7. The van der Waals surface area contributed by atoms with Gasteiger partial charge in [0.05, 0.1) is 36.6 Å². The predicted molar refractivity (Wildman–Crippen MR) is 94.3 cm³/mol. The molecule has 0 amide bonds. The molecule has 2 heterocycles. The second kappa shape index (κ2) is 7.39. The van der Waals surface area contributed by atoms with Gasteiger partial charge in [-0.3, -0.25) is 14.9 Å². The van der Waals surface area contributed by atoms with Gasteiger partial charge in [0.25, 0.3) is 0 Å². The van der Waals surface area contributed by atoms with Crippen LogP contribution in [0.1, 0.15) is 18.2 Å². The van der Waals surface area contributed by atoms with E-state index in [0.29, 0.717) is 23.0 Å². The molecule has 0 spiro atoms. The smallest absolute Gasteiger partial charge is 0.311 e. The van der Waals surface area contributed by atoms with Crippen LogP contribution >= 0.6 is 11.3 Å². The van der Waals surface area contributed by atoms with E-state index < -0.39 is 0 Å². The first kappa shape index (κ1) is 17.0. The minimum atomic E-state index is -0.381. The molecule has 0 fully saturated rings. The highest BCUT2D eigenvalue weighted by atomic mass is 32.1.